The van der Waals surface area contributed by atoms with E-state index in [9.17, 15) is 14.7 Å². The van der Waals surface area contributed by atoms with Crippen LogP contribution in [0.1, 0.15) is 20.8 Å². The van der Waals surface area contributed by atoms with Gasteiger partial charge in [0.1, 0.15) is 6.33 Å². The smallest absolute Gasteiger partial charge is 0.356 e. The number of rotatable bonds is 2. The number of carbonyl (C=O) groups is 2. The second-order valence-corrected chi connectivity index (χ2v) is 6.35. The van der Waals surface area contributed by atoms with Crippen LogP contribution in [0.2, 0.25) is 5.02 Å². The van der Waals surface area contributed by atoms with Crippen molar-refractivity contribution in [1.29, 1.82) is 0 Å². The summed E-state index contributed by atoms with van der Waals surface area (Å²) >= 11 is 6.13. The van der Waals surface area contributed by atoms with E-state index in [0.717, 1.165) is 13.1 Å². The number of hydrogen-bond acceptors (Lipinski definition) is 4. The molecule has 3 heterocycles. The molecule has 0 saturated carbocycles. The first-order valence-corrected chi connectivity index (χ1v) is 8.26. The zero-order valence-corrected chi connectivity index (χ0v) is 14.0. The van der Waals surface area contributed by atoms with Crippen LogP contribution in [0.3, 0.4) is 0 Å². The molecule has 1 aliphatic rings. The number of carbonyl (C=O) groups excluding carboxylic acids is 1. The zero-order valence-electron chi connectivity index (χ0n) is 13.2. The normalized spacial score (nSPS) is 15.0. The molecular weight excluding hydrogens is 344 g/mol. The summed E-state index contributed by atoms with van der Waals surface area (Å²) in [6.07, 6.45) is 1.45. The van der Waals surface area contributed by atoms with Crippen LogP contribution in [0.5, 0.6) is 0 Å². The number of fused-ring (bicyclic) bond motifs is 3. The van der Waals surface area contributed by atoms with Crippen LogP contribution >= 0.6 is 11.6 Å². The van der Waals surface area contributed by atoms with Crippen molar-refractivity contribution in [1.82, 2.24) is 19.6 Å². The average Bonchev–Trinajstić information content (AvgIpc) is 3.05. The summed E-state index contributed by atoms with van der Waals surface area (Å²) in [5.74, 6) is -1.26. The number of amides is 1. The number of aromatic carboxylic acids is 1. The van der Waals surface area contributed by atoms with Gasteiger partial charge in [-0.2, -0.15) is 0 Å². The molecule has 0 unspecified atom stereocenters. The molecule has 1 aliphatic heterocycles. The van der Waals surface area contributed by atoms with Gasteiger partial charge in [-0.05, 0) is 24.3 Å². The van der Waals surface area contributed by atoms with Crippen molar-refractivity contribution in [2.75, 3.05) is 26.2 Å². The van der Waals surface area contributed by atoms with Crippen LogP contribution in [-0.2, 0) is 0 Å². The highest BCUT2D eigenvalue weighted by molar-refractivity contribution is 6.31. The lowest BCUT2D eigenvalue weighted by atomic mass is 10.1. The average molecular weight is 359 g/mol. The van der Waals surface area contributed by atoms with Crippen molar-refractivity contribution in [3.8, 4) is 0 Å². The van der Waals surface area contributed by atoms with Crippen LogP contribution in [0.25, 0.3) is 16.4 Å². The van der Waals surface area contributed by atoms with E-state index in [1.54, 1.807) is 33.6 Å². The topological polar surface area (TPSA) is 86.9 Å². The molecule has 2 aromatic heterocycles. The van der Waals surface area contributed by atoms with E-state index in [0.29, 0.717) is 40.1 Å². The zero-order chi connectivity index (χ0) is 17.6. The summed E-state index contributed by atoms with van der Waals surface area (Å²) in [5.41, 5.74) is 1.45. The number of aromatic nitrogens is 2. The number of pyridine rings is 1. The molecule has 0 bridgehead atoms. The third-order valence-corrected chi connectivity index (χ3v) is 4.67. The van der Waals surface area contributed by atoms with Crippen molar-refractivity contribution in [3.05, 3.63) is 46.9 Å². The fourth-order valence-corrected chi connectivity index (χ4v) is 3.39. The number of carboxylic acid groups (broad SMARTS) is 1. The number of hydrogen-bond donors (Lipinski definition) is 2. The van der Waals surface area contributed by atoms with E-state index in [1.807, 2.05) is 0 Å². The Bertz CT molecular complexity index is 1010. The van der Waals surface area contributed by atoms with Gasteiger partial charge < -0.3 is 15.3 Å². The Morgan fingerprint density at radius 1 is 1.16 bits per heavy atom. The minimum atomic E-state index is -1.13. The molecule has 1 amide bonds. The minimum absolute atomic E-state index is 0.0776. The minimum Gasteiger partial charge on any atom is -0.476 e. The van der Waals surface area contributed by atoms with Gasteiger partial charge in [0.2, 0.25) is 0 Å². The van der Waals surface area contributed by atoms with E-state index >= 15 is 0 Å². The Kier molecular flexibility index (Phi) is 3.82. The van der Waals surface area contributed by atoms with Gasteiger partial charge in [0, 0.05) is 36.6 Å². The molecule has 0 aliphatic carbocycles. The number of nitrogens with one attached hydrogen (secondary N) is 1. The maximum absolute atomic E-state index is 13.0. The molecule has 8 heteroatoms. The molecule has 7 nitrogen and oxygen atoms in total. The quantitative estimate of drug-likeness (QED) is 0.730. The Morgan fingerprint density at radius 3 is 2.64 bits per heavy atom. The summed E-state index contributed by atoms with van der Waals surface area (Å²) in [6, 6.07) is 6.81. The molecular formula is C17H15ClN4O3. The number of halogens is 1. The first-order valence-electron chi connectivity index (χ1n) is 7.89. The lowest BCUT2D eigenvalue weighted by molar-refractivity contribution is 0.0691. The maximum Gasteiger partial charge on any atom is 0.356 e. The molecule has 0 radical (unpaired) electrons. The summed E-state index contributed by atoms with van der Waals surface area (Å²) < 4.78 is 1.67. The Morgan fingerprint density at radius 2 is 1.92 bits per heavy atom. The predicted octanol–water partition coefficient (Wildman–Crippen LogP) is 1.88. The molecule has 1 fully saturated rings. The summed E-state index contributed by atoms with van der Waals surface area (Å²) in [5, 5.41) is 13.8. The number of piperazine rings is 1. The van der Waals surface area contributed by atoms with Gasteiger partial charge in [-0.3, -0.25) is 9.20 Å². The van der Waals surface area contributed by atoms with Crippen molar-refractivity contribution in [3.63, 3.8) is 0 Å². The van der Waals surface area contributed by atoms with E-state index < -0.39 is 5.97 Å². The molecule has 1 aromatic carbocycles. The Hall–Kier alpha value is -2.64. The largest absolute Gasteiger partial charge is 0.476 e. The summed E-state index contributed by atoms with van der Waals surface area (Å²) in [6.45, 7) is 2.69. The molecule has 4 rings (SSSR count). The predicted molar refractivity (Wildman–Crippen MR) is 93.4 cm³/mol. The van der Waals surface area contributed by atoms with E-state index in [4.69, 9.17) is 11.6 Å². The highest BCUT2D eigenvalue weighted by Gasteiger charge is 2.23. The van der Waals surface area contributed by atoms with Crippen LogP contribution < -0.4 is 5.32 Å². The van der Waals surface area contributed by atoms with Crippen LogP contribution in [0, 0.1) is 0 Å². The van der Waals surface area contributed by atoms with Gasteiger partial charge in [-0.15, -0.1) is 0 Å². The SMILES string of the molecule is O=C(O)c1ncn2c1cc(C(=O)N1CCNCC1)c1cc(Cl)ccc12. The van der Waals surface area contributed by atoms with Crippen LogP contribution in [0.15, 0.2) is 30.6 Å². The first kappa shape index (κ1) is 15.9. The van der Waals surface area contributed by atoms with Crippen molar-refractivity contribution >= 4 is 39.9 Å². The Labute approximate surface area is 147 Å². The Balaban J connectivity index is 1.99. The van der Waals surface area contributed by atoms with Gasteiger partial charge in [0.05, 0.1) is 16.6 Å². The number of imidazole rings is 1. The van der Waals surface area contributed by atoms with Crippen LogP contribution in [0.4, 0.5) is 0 Å². The van der Waals surface area contributed by atoms with Crippen molar-refractivity contribution in [2.45, 2.75) is 0 Å². The molecule has 2 N–H and O–H groups in total. The second-order valence-electron chi connectivity index (χ2n) is 5.92. The number of carboxylic acids is 1. The third kappa shape index (κ3) is 2.61. The second kappa shape index (κ2) is 6.02. The fourth-order valence-electron chi connectivity index (χ4n) is 3.22. The lowest BCUT2D eigenvalue weighted by Gasteiger charge is -2.28. The summed E-state index contributed by atoms with van der Waals surface area (Å²) in [7, 11) is 0. The maximum atomic E-state index is 13.0. The van der Waals surface area contributed by atoms with Gasteiger partial charge in [-0.1, -0.05) is 11.6 Å². The van der Waals surface area contributed by atoms with Crippen LogP contribution in [-0.4, -0.2) is 57.4 Å². The summed E-state index contributed by atoms with van der Waals surface area (Å²) in [4.78, 5) is 30.2. The van der Waals surface area contributed by atoms with Gasteiger partial charge >= 0.3 is 5.97 Å². The van der Waals surface area contributed by atoms with E-state index in [-0.39, 0.29) is 11.6 Å². The van der Waals surface area contributed by atoms with Crippen molar-refractivity contribution in [2.24, 2.45) is 0 Å². The van der Waals surface area contributed by atoms with Gasteiger partial charge in [0.25, 0.3) is 5.91 Å². The third-order valence-electron chi connectivity index (χ3n) is 4.43. The van der Waals surface area contributed by atoms with Crippen molar-refractivity contribution < 1.29 is 14.7 Å². The van der Waals surface area contributed by atoms with E-state index in [1.165, 1.54) is 6.33 Å². The molecule has 128 valence electrons. The molecule has 25 heavy (non-hydrogen) atoms. The van der Waals surface area contributed by atoms with Gasteiger partial charge in [-0.25, -0.2) is 9.78 Å². The molecule has 0 spiro atoms. The molecule has 1 saturated heterocycles. The molecule has 3 aromatic rings. The lowest BCUT2D eigenvalue weighted by Crippen LogP contribution is -2.46. The first-order chi connectivity index (χ1) is 12.1. The number of nitrogens with zero attached hydrogens (tertiary/aromatic N) is 3. The highest BCUT2D eigenvalue weighted by Crippen LogP contribution is 2.27. The monoisotopic (exact) mass is 358 g/mol. The molecule has 0 atom stereocenters. The number of benzene rings is 1. The standard InChI is InChI=1S/C17H15ClN4O3/c18-10-1-2-13-11(7-10)12(16(23)21-5-3-19-4-6-21)8-14-15(17(24)25)20-9-22(13)14/h1-2,7-9,19H,3-6H2,(H,24,25). The van der Waals surface area contributed by atoms with Gasteiger partial charge in [0.15, 0.2) is 5.69 Å². The van der Waals surface area contributed by atoms with E-state index in [2.05, 4.69) is 10.3 Å². The fraction of sp³-hybridized carbons (Fsp3) is 0.235. The highest BCUT2D eigenvalue weighted by atomic mass is 35.5.